The SMILES string of the molecule is O[C@@]12N[C@@H](Cc3ccccc31)C[PH](c1ccccc1)(c1ccccc1)[PH](c1ccccc1)(c1ccccc1)C[C@@H]1Cc3ccccc3[C@@H]2N1. The van der Waals surface area contributed by atoms with E-state index in [9.17, 15) is 5.11 Å². The van der Waals surface area contributed by atoms with Crippen LogP contribution in [0.1, 0.15) is 28.3 Å². The summed E-state index contributed by atoms with van der Waals surface area (Å²) in [5.74, 6) is 0. The molecule has 0 amide bonds. The number of hydrogen-bond donors (Lipinski definition) is 3. The first-order chi connectivity index (χ1) is 24.1. The summed E-state index contributed by atoms with van der Waals surface area (Å²) in [6.07, 6.45) is 3.82. The van der Waals surface area contributed by atoms with Gasteiger partial charge >= 0.3 is 292 Å². The van der Waals surface area contributed by atoms with E-state index in [0.29, 0.717) is 0 Å². The van der Waals surface area contributed by atoms with Gasteiger partial charge in [-0.3, -0.25) is 0 Å². The molecule has 4 atom stereocenters. The molecular formula is C44H44N2OP2. The Kier molecular flexibility index (Phi) is 7.88. The summed E-state index contributed by atoms with van der Waals surface area (Å²) in [5.41, 5.74) is 3.52. The van der Waals surface area contributed by atoms with Crippen molar-refractivity contribution in [2.45, 2.75) is 36.7 Å². The molecule has 3 heterocycles. The summed E-state index contributed by atoms with van der Waals surface area (Å²) in [7, 11) is 0. The van der Waals surface area contributed by atoms with Crippen molar-refractivity contribution in [1.82, 2.24) is 10.6 Å². The fraction of sp³-hybridized carbons (Fsp3) is 0.182. The first-order valence-corrected chi connectivity index (χ1v) is 23.2. The molecule has 6 aromatic carbocycles. The second-order valence-electron chi connectivity index (χ2n) is 14.4. The van der Waals surface area contributed by atoms with Gasteiger partial charge < -0.3 is 0 Å². The molecule has 0 aliphatic carbocycles. The van der Waals surface area contributed by atoms with Gasteiger partial charge in [0.25, 0.3) is 0 Å². The first-order valence-electron chi connectivity index (χ1n) is 17.8. The zero-order valence-corrected chi connectivity index (χ0v) is 29.7. The second-order valence-corrected chi connectivity index (χ2v) is 26.2. The van der Waals surface area contributed by atoms with E-state index in [-0.39, 0.29) is 18.1 Å². The molecule has 9 rings (SSSR count). The molecule has 6 aromatic rings. The monoisotopic (exact) mass is 678 g/mol. The van der Waals surface area contributed by atoms with Crippen LogP contribution in [0.4, 0.5) is 0 Å². The molecule has 3 N–H and O–H groups in total. The quantitative estimate of drug-likeness (QED) is 0.191. The number of aliphatic hydroxyl groups is 1. The van der Waals surface area contributed by atoms with E-state index < -0.39 is 19.6 Å². The normalized spacial score (nSPS) is 26.3. The zero-order valence-electron chi connectivity index (χ0n) is 27.7. The first kappa shape index (κ1) is 31.1. The van der Waals surface area contributed by atoms with Gasteiger partial charge in [-0.1, -0.05) is 0 Å². The van der Waals surface area contributed by atoms with Crippen LogP contribution in [0.2, 0.25) is 0 Å². The average molecular weight is 679 g/mol. The van der Waals surface area contributed by atoms with Crippen LogP contribution in [-0.4, -0.2) is 29.5 Å². The van der Waals surface area contributed by atoms with Crippen molar-refractivity contribution in [2.24, 2.45) is 0 Å². The Bertz CT molecular complexity index is 2000. The molecular weight excluding hydrogens is 634 g/mol. The summed E-state index contributed by atoms with van der Waals surface area (Å²) in [6.45, 7) is -5.54. The summed E-state index contributed by atoms with van der Waals surface area (Å²) in [6, 6.07) is 63.7. The van der Waals surface area contributed by atoms with Crippen molar-refractivity contribution < 1.29 is 5.11 Å². The molecule has 0 radical (unpaired) electrons. The molecule has 1 fully saturated rings. The zero-order chi connectivity index (χ0) is 32.9. The molecule has 0 unspecified atom stereocenters. The van der Waals surface area contributed by atoms with E-state index in [4.69, 9.17) is 0 Å². The van der Waals surface area contributed by atoms with Crippen LogP contribution in [-0.2, 0) is 18.6 Å². The van der Waals surface area contributed by atoms with Crippen molar-refractivity contribution in [3.05, 3.63) is 192 Å². The number of nitrogens with one attached hydrogen (secondary N) is 2. The van der Waals surface area contributed by atoms with E-state index in [1.54, 1.807) is 0 Å². The van der Waals surface area contributed by atoms with Crippen LogP contribution in [0.5, 0.6) is 0 Å². The molecule has 0 spiro atoms. The van der Waals surface area contributed by atoms with Crippen LogP contribution in [0.15, 0.2) is 170 Å². The second kappa shape index (κ2) is 12.4. The van der Waals surface area contributed by atoms with Crippen LogP contribution in [0.3, 0.4) is 0 Å². The summed E-state index contributed by atoms with van der Waals surface area (Å²) >= 11 is 0. The van der Waals surface area contributed by atoms with E-state index in [2.05, 4.69) is 180 Å². The number of rotatable bonds is 4. The van der Waals surface area contributed by atoms with Crippen molar-refractivity contribution in [2.75, 3.05) is 12.3 Å². The minimum atomic E-state index is -2.79. The topological polar surface area (TPSA) is 44.3 Å². The minimum absolute atomic E-state index is 0.0544. The molecule has 49 heavy (non-hydrogen) atoms. The van der Waals surface area contributed by atoms with Gasteiger partial charge in [-0.25, -0.2) is 0 Å². The molecule has 5 heteroatoms. The van der Waals surface area contributed by atoms with Gasteiger partial charge in [0, 0.05) is 0 Å². The Morgan fingerprint density at radius 3 is 1.41 bits per heavy atom. The van der Waals surface area contributed by atoms with Gasteiger partial charge in [-0.2, -0.15) is 0 Å². The molecule has 4 bridgehead atoms. The predicted octanol–water partition coefficient (Wildman–Crippen LogP) is 6.33. The van der Waals surface area contributed by atoms with Crippen molar-refractivity contribution in [3.8, 4) is 0 Å². The van der Waals surface area contributed by atoms with E-state index in [1.165, 1.54) is 37.9 Å². The van der Waals surface area contributed by atoms with E-state index in [1.807, 2.05) is 0 Å². The Hall–Kier alpha value is -3.94. The molecule has 3 aliphatic rings. The standard InChI is InChI=1S/C44H44N2OP2/c47-44-42-28-16-14-18-34(42)30-36(46-44)32-49(39-23-9-3-10-24-39,40-25-11-4-12-26-40)48(37-19-5-1-6-20-37,38-21-7-2-8-22-38)31-35-29-33-17-13-15-27-41(33)43(44)45-35/h1-28,35-36,43,45-49H,29-32H2/t35-,36-,43-,44-/m0/s1. The maximum atomic E-state index is 13.3. The Labute approximate surface area is 291 Å². The molecule has 246 valence electrons. The molecule has 3 aliphatic heterocycles. The maximum absolute atomic E-state index is 13.3. The number of benzene rings is 6. The van der Waals surface area contributed by atoms with Gasteiger partial charge in [-0.15, -0.1) is 0 Å². The van der Waals surface area contributed by atoms with Crippen LogP contribution < -0.4 is 31.9 Å². The van der Waals surface area contributed by atoms with E-state index in [0.717, 1.165) is 30.7 Å². The van der Waals surface area contributed by atoms with Gasteiger partial charge in [0.2, 0.25) is 0 Å². The van der Waals surface area contributed by atoms with E-state index >= 15 is 0 Å². The summed E-state index contributed by atoms with van der Waals surface area (Å²) in [5, 5.41) is 27.5. The van der Waals surface area contributed by atoms with Gasteiger partial charge in [0.05, 0.1) is 0 Å². The Balaban J connectivity index is 1.43. The van der Waals surface area contributed by atoms with Crippen LogP contribution >= 0.6 is 13.9 Å². The fourth-order valence-electron chi connectivity index (χ4n) is 10.0. The molecule has 0 saturated carbocycles. The number of fused-ring (bicyclic) bond motifs is 9. The third-order valence-corrected chi connectivity index (χ3v) is 29.9. The van der Waals surface area contributed by atoms with Crippen molar-refractivity contribution >= 4 is 35.1 Å². The van der Waals surface area contributed by atoms with Gasteiger partial charge in [0.15, 0.2) is 0 Å². The Morgan fingerprint density at radius 1 is 0.469 bits per heavy atom. The van der Waals surface area contributed by atoms with Gasteiger partial charge in [0.1, 0.15) is 0 Å². The molecule has 0 aromatic heterocycles. The molecule has 1 saturated heterocycles. The molecule has 3 nitrogen and oxygen atoms in total. The van der Waals surface area contributed by atoms with Crippen molar-refractivity contribution in [3.63, 3.8) is 0 Å². The van der Waals surface area contributed by atoms with Crippen LogP contribution in [0.25, 0.3) is 0 Å². The van der Waals surface area contributed by atoms with Crippen molar-refractivity contribution in [1.29, 1.82) is 0 Å². The average Bonchev–Trinajstić information content (AvgIpc) is 3.17. The third-order valence-electron chi connectivity index (χ3n) is 11.9. The Morgan fingerprint density at radius 2 is 0.878 bits per heavy atom. The predicted molar refractivity (Wildman–Crippen MR) is 211 cm³/mol. The third kappa shape index (κ3) is 4.90. The fourth-order valence-corrected chi connectivity index (χ4v) is 30.8. The van der Waals surface area contributed by atoms with Gasteiger partial charge in [-0.05, 0) is 0 Å². The summed E-state index contributed by atoms with van der Waals surface area (Å²) in [4.78, 5) is 0. The number of hydrogen-bond acceptors (Lipinski definition) is 3. The summed E-state index contributed by atoms with van der Waals surface area (Å²) < 4.78 is 0. The van der Waals surface area contributed by atoms with Crippen LogP contribution in [0, 0.1) is 0 Å².